The quantitative estimate of drug-likeness (QED) is 0.116. The second-order valence-electron chi connectivity index (χ2n) is 11.8. The summed E-state index contributed by atoms with van der Waals surface area (Å²) in [5.41, 5.74) is 7.15. The topological polar surface area (TPSA) is 44.8 Å². The molecule has 4 heteroatoms. The molecular formula is C42H32O4. The van der Waals surface area contributed by atoms with Gasteiger partial charge in [0.25, 0.3) is 6.47 Å². The van der Waals surface area contributed by atoms with Crippen molar-refractivity contribution in [2.45, 2.75) is 5.41 Å². The highest BCUT2D eigenvalue weighted by Gasteiger charge is 2.46. The number of rotatable bonds is 10. The first kappa shape index (κ1) is 28.1. The summed E-state index contributed by atoms with van der Waals surface area (Å²) in [6.45, 7) is 1.85. The third kappa shape index (κ3) is 4.70. The molecule has 0 bridgehead atoms. The first-order valence-corrected chi connectivity index (χ1v) is 15.7. The standard InChI is InChI=1S/C42H32O4/c43-28-45-20-19-44-21-22-46-37-18-15-33-24-36(17-14-34(33)25-37)42(35-16-13-29-7-1-2-8-30(29)23-35)40-12-6-5-11-38(40)39-26-31-9-3-4-10-32(31)27-41(39)42/h1-18,23-28H,19-22H2. The van der Waals surface area contributed by atoms with Crippen LogP contribution in [-0.4, -0.2) is 32.9 Å². The summed E-state index contributed by atoms with van der Waals surface area (Å²) < 4.78 is 16.1. The molecule has 224 valence electrons. The van der Waals surface area contributed by atoms with E-state index in [1.54, 1.807) is 0 Å². The maximum atomic E-state index is 10.3. The van der Waals surface area contributed by atoms with E-state index in [9.17, 15) is 4.79 Å². The number of benzene rings is 7. The average Bonchev–Trinajstić information content (AvgIpc) is 3.39. The minimum absolute atomic E-state index is 0.244. The van der Waals surface area contributed by atoms with Crippen molar-refractivity contribution < 1.29 is 19.0 Å². The zero-order valence-corrected chi connectivity index (χ0v) is 25.3. The molecular weight excluding hydrogens is 568 g/mol. The van der Waals surface area contributed by atoms with Gasteiger partial charge in [0.05, 0.1) is 18.6 Å². The third-order valence-electron chi connectivity index (χ3n) is 9.25. The highest BCUT2D eigenvalue weighted by atomic mass is 16.6. The zero-order valence-electron chi connectivity index (χ0n) is 25.3. The van der Waals surface area contributed by atoms with Crippen LogP contribution >= 0.6 is 0 Å². The van der Waals surface area contributed by atoms with E-state index in [0.29, 0.717) is 26.3 Å². The SMILES string of the molecule is O=COCCOCCOc1ccc2cc(C3(c4ccc5ccccc5c4)c4ccccc4-c4cc5ccccc5cc43)ccc2c1. The molecule has 0 amide bonds. The van der Waals surface area contributed by atoms with E-state index in [1.807, 2.05) is 6.07 Å². The van der Waals surface area contributed by atoms with Crippen LogP contribution in [0.3, 0.4) is 0 Å². The number of carbonyl (C=O) groups excluding carboxylic acids is 1. The summed E-state index contributed by atoms with van der Waals surface area (Å²) >= 11 is 0. The fourth-order valence-corrected chi connectivity index (χ4v) is 7.20. The third-order valence-corrected chi connectivity index (χ3v) is 9.25. The highest BCUT2D eigenvalue weighted by Crippen LogP contribution is 2.57. The van der Waals surface area contributed by atoms with Crippen LogP contribution in [0, 0.1) is 0 Å². The average molecular weight is 601 g/mol. The van der Waals surface area contributed by atoms with Crippen molar-refractivity contribution in [1.82, 2.24) is 0 Å². The Morgan fingerprint density at radius 3 is 1.85 bits per heavy atom. The minimum atomic E-state index is -0.506. The number of hydrogen-bond acceptors (Lipinski definition) is 4. The monoisotopic (exact) mass is 600 g/mol. The van der Waals surface area contributed by atoms with E-state index in [0.717, 1.165) is 16.5 Å². The second-order valence-corrected chi connectivity index (χ2v) is 11.8. The Bertz CT molecular complexity index is 2240. The van der Waals surface area contributed by atoms with Gasteiger partial charge in [0.2, 0.25) is 0 Å². The lowest BCUT2D eigenvalue weighted by Crippen LogP contribution is -2.28. The maximum Gasteiger partial charge on any atom is 0.293 e. The number of ether oxygens (including phenoxy) is 3. The van der Waals surface area contributed by atoms with Gasteiger partial charge < -0.3 is 14.2 Å². The van der Waals surface area contributed by atoms with Crippen molar-refractivity contribution >= 4 is 38.8 Å². The van der Waals surface area contributed by atoms with Crippen LogP contribution in [0.15, 0.2) is 140 Å². The minimum Gasteiger partial charge on any atom is -0.491 e. The van der Waals surface area contributed by atoms with Gasteiger partial charge in [-0.15, -0.1) is 0 Å². The van der Waals surface area contributed by atoms with E-state index in [2.05, 4.69) is 138 Å². The van der Waals surface area contributed by atoms with Crippen molar-refractivity contribution in [1.29, 1.82) is 0 Å². The van der Waals surface area contributed by atoms with E-state index >= 15 is 0 Å². The van der Waals surface area contributed by atoms with Crippen LogP contribution in [0.1, 0.15) is 22.3 Å². The molecule has 0 radical (unpaired) electrons. The van der Waals surface area contributed by atoms with Gasteiger partial charge in [-0.25, -0.2) is 0 Å². The van der Waals surface area contributed by atoms with Crippen LogP contribution < -0.4 is 4.74 Å². The Labute approximate surface area is 267 Å². The Hall–Kier alpha value is -5.45. The summed E-state index contributed by atoms with van der Waals surface area (Å²) in [4.78, 5) is 10.3. The molecule has 0 aromatic heterocycles. The summed E-state index contributed by atoms with van der Waals surface area (Å²) in [5.74, 6) is 0.792. The molecule has 0 saturated heterocycles. The van der Waals surface area contributed by atoms with Gasteiger partial charge in [0.15, 0.2) is 0 Å². The summed E-state index contributed by atoms with van der Waals surface area (Å²) in [6.07, 6.45) is 0. The van der Waals surface area contributed by atoms with Gasteiger partial charge in [-0.1, -0.05) is 103 Å². The summed E-state index contributed by atoms with van der Waals surface area (Å²) in [7, 11) is 0. The fraction of sp³-hybridized carbons (Fsp3) is 0.119. The van der Waals surface area contributed by atoms with Crippen LogP contribution in [0.5, 0.6) is 5.75 Å². The number of carbonyl (C=O) groups is 1. The molecule has 8 rings (SSSR count). The fourth-order valence-electron chi connectivity index (χ4n) is 7.20. The molecule has 0 N–H and O–H groups in total. The van der Waals surface area contributed by atoms with Crippen molar-refractivity contribution in [3.8, 4) is 16.9 Å². The summed E-state index contributed by atoms with van der Waals surface area (Å²) in [6, 6.07) is 51.0. The van der Waals surface area contributed by atoms with Gasteiger partial charge in [-0.05, 0) is 102 Å². The van der Waals surface area contributed by atoms with E-state index < -0.39 is 5.41 Å². The molecule has 0 fully saturated rings. The van der Waals surface area contributed by atoms with Crippen LogP contribution in [0.2, 0.25) is 0 Å². The Balaban J connectivity index is 1.27. The predicted molar refractivity (Wildman–Crippen MR) is 185 cm³/mol. The van der Waals surface area contributed by atoms with Crippen LogP contribution in [0.4, 0.5) is 0 Å². The van der Waals surface area contributed by atoms with Gasteiger partial charge in [-0.3, -0.25) is 4.79 Å². The van der Waals surface area contributed by atoms with E-state index in [1.165, 1.54) is 54.9 Å². The van der Waals surface area contributed by atoms with Crippen molar-refractivity contribution in [3.05, 3.63) is 162 Å². The summed E-state index contributed by atoms with van der Waals surface area (Å²) in [5, 5.41) is 7.21. The van der Waals surface area contributed by atoms with Crippen LogP contribution in [-0.2, 0) is 19.7 Å². The van der Waals surface area contributed by atoms with Gasteiger partial charge in [-0.2, -0.15) is 0 Å². The van der Waals surface area contributed by atoms with E-state index in [-0.39, 0.29) is 6.61 Å². The Morgan fingerprint density at radius 1 is 0.478 bits per heavy atom. The first-order valence-electron chi connectivity index (χ1n) is 15.7. The molecule has 0 aliphatic heterocycles. The predicted octanol–water partition coefficient (Wildman–Crippen LogP) is 9.08. The van der Waals surface area contributed by atoms with Crippen molar-refractivity contribution in [2.75, 3.05) is 26.4 Å². The Morgan fingerprint density at radius 2 is 1.07 bits per heavy atom. The number of hydrogen-bond donors (Lipinski definition) is 0. The molecule has 0 spiro atoms. The highest BCUT2D eigenvalue weighted by molar-refractivity contribution is 5.97. The smallest absolute Gasteiger partial charge is 0.293 e. The van der Waals surface area contributed by atoms with Gasteiger partial charge >= 0.3 is 0 Å². The molecule has 0 saturated carbocycles. The second kappa shape index (κ2) is 11.8. The molecule has 0 heterocycles. The lowest BCUT2D eigenvalue weighted by atomic mass is 9.67. The lowest BCUT2D eigenvalue weighted by molar-refractivity contribution is -0.130. The zero-order chi connectivity index (χ0) is 30.9. The van der Waals surface area contributed by atoms with Crippen LogP contribution in [0.25, 0.3) is 43.4 Å². The van der Waals surface area contributed by atoms with E-state index in [4.69, 9.17) is 9.47 Å². The molecule has 46 heavy (non-hydrogen) atoms. The van der Waals surface area contributed by atoms with Gasteiger partial charge in [0.1, 0.15) is 19.0 Å². The maximum absolute atomic E-state index is 10.3. The molecule has 7 aromatic rings. The molecule has 4 nitrogen and oxygen atoms in total. The number of fused-ring (bicyclic) bond motifs is 6. The van der Waals surface area contributed by atoms with Crippen molar-refractivity contribution in [3.63, 3.8) is 0 Å². The normalized spacial score (nSPS) is 15.1. The molecule has 1 aliphatic rings. The molecule has 7 aromatic carbocycles. The first-order chi connectivity index (χ1) is 22.8. The molecule has 1 aliphatic carbocycles. The molecule has 1 unspecified atom stereocenters. The Kier molecular flexibility index (Phi) is 7.20. The largest absolute Gasteiger partial charge is 0.491 e. The molecule has 1 atom stereocenters. The lowest BCUT2D eigenvalue weighted by Gasteiger charge is -2.34. The van der Waals surface area contributed by atoms with Gasteiger partial charge in [0, 0.05) is 0 Å². The van der Waals surface area contributed by atoms with Crippen molar-refractivity contribution in [2.24, 2.45) is 0 Å².